The largest absolute Gasteiger partial charge is 0.376 e. The summed E-state index contributed by atoms with van der Waals surface area (Å²) in [5, 5.41) is 3.43. The van der Waals surface area contributed by atoms with Gasteiger partial charge in [0.25, 0.3) is 0 Å². The van der Waals surface area contributed by atoms with Crippen molar-refractivity contribution in [2.24, 2.45) is 5.41 Å². The van der Waals surface area contributed by atoms with Crippen LogP contribution in [0.1, 0.15) is 46.0 Å². The molecule has 1 saturated heterocycles. The molecule has 0 aromatic heterocycles. The predicted octanol–water partition coefficient (Wildman–Crippen LogP) is 2.27. The highest BCUT2D eigenvalue weighted by Crippen LogP contribution is 2.39. The van der Waals surface area contributed by atoms with Crippen molar-refractivity contribution in [3.63, 3.8) is 0 Å². The number of hydrogen-bond acceptors (Lipinski definition) is 3. The summed E-state index contributed by atoms with van der Waals surface area (Å²) in [6.07, 6.45) is 7.24. The first-order chi connectivity index (χ1) is 8.69. The van der Waals surface area contributed by atoms with Crippen LogP contribution < -0.4 is 5.32 Å². The van der Waals surface area contributed by atoms with Crippen molar-refractivity contribution in [3.05, 3.63) is 0 Å². The highest BCUT2D eigenvalue weighted by Gasteiger charge is 2.37. The van der Waals surface area contributed by atoms with Gasteiger partial charge in [0.2, 0.25) is 0 Å². The normalized spacial score (nSPS) is 32.8. The Morgan fingerprint density at radius 2 is 2.06 bits per heavy atom. The van der Waals surface area contributed by atoms with E-state index in [-0.39, 0.29) is 0 Å². The minimum Gasteiger partial charge on any atom is -0.376 e. The van der Waals surface area contributed by atoms with Gasteiger partial charge in [0.15, 0.2) is 0 Å². The molecule has 0 bridgehead atoms. The molecule has 106 valence electrons. The third kappa shape index (κ3) is 3.25. The molecule has 2 fully saturated rings. The number of nitrogens with zero attached hydrogens (tertiary/aromatic N) is 1. The summed E-state index contributed by atoms with van der Waals surface area (Å²) in [6, 6.07) is 0.635. The zero-order chi connectivity index (χ0) is 13.0. The van der Waals surface area contributed by atoms with E-state index in [2.05, 4.69) is 31.1 Å². The zero-order valence-electron chi connectivity index (χ0n) is 12.4. The van der Waals surface area contributed by atoms with Gasteiger partial charge in [-0.2, -0.15) is 0 Å². The van der Waals surface area contributed by atoms with Crippen molar-refractivity contribution in [3.8, 4) is 0 Å². The van der Waals surface area contributed by atoms with E-state index >= 15 is 0 Å². The van der Waals surface area contributed by atoms with Crippen molar-refractivity contribution in [1.82, 2.24) is 10.2 Å². The fraction of sp³-hybridized carbons (Fsp3) is 1.00. The fourth-order valence-electron chi connectivity index (χ4n) is 3.80. The molecular weight excluding hydrogens is 224 g/mol. The molecule has 0 spiro atoms. The topological polar surface area (TPSA) is 24.5 Å². The maximum absolute atomic E-state index is 5.81. The monoisotopic (exact) mass is 254 g/mol. The average molecular weight is 254 g/mol. The summed E-state index contributed by atoms with van der Waals surface area (Å²) in [6.45, 7) is 8.97. The van der Waals surface area contributed by atoms with E-state index in [0.717, 1.165) is 13.2 Å². The van der Waals surface area contributed by atoms with E-state index < -0.39 is 0 Å². The molecule has 0 radical (unpaired) electrons. The quantitative estimate of drug-likeness (QED) is 0.814. The first-order valence-electron chi connectivity index (χ1n) is 7.69. The molecule has 1 N–H and O–H groups in total. The van der Waals surface area contributed by atoms with Gasteiger partial charge in [-0.15, -0.1) is 0 Å². The molecule has 18 heavy (non-hydrogen) atoms. The second-order valence-corrected chi connectivity index (χ2v) is 6.37. The van der Waals surface area contributed by atoms with Crippen LogP contribution in [-0.2, 0) is 4.74 Å². The molecular formula is C15H30N2O. The van der Waals surface area contributed by atoms with E-state index in [0.29, 0.717) is 17.6 Å². The van der Waals surface area contributed by atoms with Crippen LogP contribution in [0.2, 0.25) is 0 Å². The molecule has 0 aromatic carbocycles. The SMILES string of the molecule is CCC1COC(C)CN1CC1(CNC)CCCC1. The van der Waals surface area contributed by atoms with E-state index in [9.17, 15) is 0 Å². The maximum Gasteiger partial charge on any atom is 0.0674 e. The van der Waals surface area contributed by atoms with Crippen LogP contribution in [-0.4, -0.2) is 50.3 Å². The van der Waals surface area contributed by atoms with Gasteiger partial charge in [0.1, 0.15) is 0 Å². The first-order valence-corrected chi connectivity index (χ1v) is 7.69. The summed E-state index contributed by atoms with van der Waals surface area (Å²) in [4.78, 5) is 2.71. The lowest BCUT2D eigenvalue weighted by Gasteiger charge is -2.43. The molecule has 1 saturated carbocycles. The van der Waals surface area contributed by atoms with Gasteiger partial charge in [0.05, 0.1) is 12.7 Å². The summed E-state index contributed by atoms with van der Waals surface area (Å²) in [5.74, 6) is 0. The summed E-state index contributed by atoms with van der Waals surface area (Å²) < 4.78 is 5.81. The van der Waals surface area contributed by atoms with Crippen LogP contribution in [0, 0.1) is 5.41 Å². The molecule has 1 aliphatic carbocycles. The number of hydrogen-bond donors (Lipinski definition) is 1. The standard InChI is InChI=1S/C15H30N2O/c1-4-14-10-18-13(2)9-17(14)12-15(11-16-3)7-5-6-8-15/h13-14,16H,4-12H2,1-3H3. The van der Waals surface area contributed by atoms with Gasteiger partial charge in [-0.3, -0.25) is 4.90 Å². The van der Waals surface area contributed by atoms with E-state index in [1.807, 2.05) is 0 Å². The number of morpholine rings is 1. The Bertz CT molecular complexity index is 251. The molecule has 2 aliphatic rings. The lowest BCUT2D eigenvalue weighted by molar-refractivity contribution is -0.0687. The van der Waals surface area contributed by atoms with Gasteiger partial charge in [0, 0.05) is 25.7 Å². The highest BCUT2D eigenvalue weighted by molar-refractivity contribution is 4.92. The van der Waals surface area contributed by atoms with Gasteiger partial charge >= 0.3 is 0 Å². The fourth-order valence-corrected chi connectivity index (χ4v) is 3.80. The van der Waals surface area contributed by atoms with Gasteiger partial charge in [-0.25, -0.2) is 0 Å². The van der Waals surface area contributed by atoms with Crippen molar-refractivity contribution in [2.45, 2.75) is 58.1 Å². The van der Waals surface area contributed by atoms with Crippen LogP contribution in [0.25, 0.3) is 0 Å². The number of nitrogens with one attached hydrogen (secondary N) is 1. The molecule has 2 unspecified atom stereocenters. The molecule has 2 atom stereocenters. The Labute approximate surface area is 112 Å². The van der Waals surface area contributed by atoms with Crippen LogP contribution in [0.3, 0.4) is 0 Å². The van der Waals surface area contributed by atoms with Crippen LogP contribution in [0.4, 0.5) is 0 Å². The van der Waals surface area contributed by atoms with Crippen LogP contribution in [0.5, 0.6) is 0 Å². The predicted molar refractivity (Wildman–Crippen MR) is 75.9 cm³/mol. The second kappa shape index (κ2) is 6.36. The van der Waals surface area contributed by atoms with E-state index in [1.165, 1.54) is 45.2 Å². The smallest absolute Gasteiger partial charge is 0.0674 e. The maximum atomic E-state index is 5.81. The molecule has 0 aromatic rings. The summed E-state index contributed by atoms with van der Waals surface area (Å²) >= 11 is 0. The Morgan fingerprint density at radius 1 is 1.33 bits per heavy atom. The molecule has 3 nitrogen and oxygen atoms in total. The lowest BCUT2D eigenvalue weighted by atomic mass is 9.84. The van der Waals surface area contributed by atoms with Crippen molar-refractivity contribution in [2.75, 3.05) is 33.3 Å². The Kier molecular flexibility index (Phi) is 5.05. The van der Waals surface area contributed by atoms with Crippen molar-refractivity contribution in [1.29, 1.82) is 0 Å². The zero-order valence-corrected chi connectivity index (χ0v) is 12.4. The first kappa shape index (κ1) is 14.3. The van der Waals surface area contributed by atoms with Gasteiger partial charge < -0.3 is 10.1 Å². The summed E-state index contributed by atoms with van der Waals surface area (Å²) in [5.41, 5.74) is 0.527. The average Bonchev–Trinajstić information content (AvgIpc) is 2.78. The molecule has 2 rings (SSSR count). The molecule has 3 heteroatoms. The third-order valence-corrected chi connectivity index (χ3v) is 4.81. The third-order valence-electron chi connectivity index (χ3n) is 4.81. The van der Waals surface area contributed by atoms with Crippen LogP contribution in [0.15, 0.2) is 0 Å². The van der Waals surface area contributed by atoms with E-state index in [4.69, 9.17) is 4.74 Å². The Balaban J connectivity index is 1.99. The highest BCUT2D eigenvalue weighted by atomic mass is 16.5. The Hall–Kier alpha value is -0.120. The molecule has 1 aliphatic heterocycles. The molecule has 1 heterocycles. The summed E-state index contributed by atoms with van der Waals surface area (Å²) in [7, 11) is 2.10. The molecule has 0 amide bonds. The van der Waals surface area contributed by atoms with Crippen molar-refractivity contribution >= 4 is 0 Å². The Morgan fingerprint density at radius 3 is 2.67 bits per heavy atom. The van der Waals surface area contributed by atoms with Gasteiger partial charge in [-0.05, 0) is 38.6 Å². The van der Waals surface area contributed by atoms with Gasteiger partial charge in [-0.1, -0.05) is 19.8 Å². The minimum atomic E-state index is 0.404. The van der Waals surface area contributed by atoms with E-state index in [1.54, 1.807) is 0 Å². The minimum absolute atomic E-state index is 0.404. The van der Waals surface area contributed by atoms with Crippen LogP contribution >= 0.6 is 0 Å². The lowest BCUT2D eigenvalue weighted by Crippen LogP contribution is -2.53. The second-order valence-electron chi connectivity index (χ2n) is 6.37. The number of rotatable bonds is 5. The number of ether oxygens (including phenoxy) is 1. The van der Waals surface area contributed by atoms with Crippen molar-refractivity contribution < 1.29 is 4.74 Å².